The minimum atomic E-state index is -0.0901. The van der Waals surface area contributed by atoms with Crippen molar-refractivity contribution in [1.29, 1.82) is 5.26 Å². The first-order valence-corrected chi connectivity index (χ1v) is 16.2. The lowest BCUT2D eigenvalue weighted by molar-refractivity contribution is 0.607. The Balaban J connectivity index is 1.33. The van der Waals surface area contributed by atoms with Crippen LogP contribution in [0, 0.1) is 11.3 Å². The Hall–Kier alpha value is -5.50. The normalized spacial score (nSPS) is 13.1. The van der Waals surface area contributed by atoms with E-state index in [1.807, 2.05) is 66.4 Å². The molecule has 2 heterocycles. The van der Waals surface area contributed by atoms with Gasteiger partial charge < -0.3 is 0 Å². The molecule has 4 heteroatoms. The quantitative estimate of drug-likeness (QED) is 0.200. The van der Waals surface area contributed by atoms with Crippen molar-refractivity contribution in [2.24, 2.45) is 0 Å². The van der Waals surface area contributed by atoms with Crippen molar-refractivity contribution in [2.75, 3.05) is 0 Å². The van der Waals surface area contributed by atoms with Crippen LogP contribution in [0.5, 0.6) is 0 Å². The van der Waals surface area contributed by atoms with E-state index in [0.29, 0.717) is 11.4 Å². The molecule has 0 atom stereocenters. The zero-order valence-corrected chi connectivity index (χ0v) is 26.3. The fourth-order valence-corrected chi connectivity index (χ4v) is 7.95. The first kappa shape index (κ1) is 28.0. The maximum absolute atomic E-state index is 9.67. The Morgan fingerprint density at radius 3 is 2.04 bits per heavy atom. The Kier molecular flexibility index (Phi) is 6.78. The van der Waals surface area contributed by atoms with Gasteiger partial charge in [-0.1, -0.05) is 117 Å². The highest BCUT2D eigenvalue weighted by molar-refractivity contribution is 7.99. The van der Waals surface area contributed by atoms with Gasteiger partial charge in [-0.3, -0.25) is 0 Å². The van der Waals surface area contributed by atoms with E-state index in [0.717, 1.165) is 50.0 Å². The van der Waals surface area contributed by atoms with Crippen molar-refractivity contribution in [3.05, 3.63) is 156 Å². The highest BCUT2D eigenvalue weighted by atomic mass is 32.2. The van der Waals surface area contributed by atoms with Crippen molar-refractivity contribution in [1.82, 2.24) is 9.97 Å². The second kappa shape index (κ2) is 11.1. The van der Waals surface area contributed by atoms with Crippen molar-refractivity contribution in [3.63, 3.8) is 0 Å². The average molecular weight is 608 g/mol. The van der Waals surface area contributed by atoms with Gasteiger partial charge in [0.15, 0.2) is 5.82 Å². The van der Waals surface area contributed by atoms with Crippen LogP contribution in [-0.2, 0) is 5.41 Å². The number of benzene rings is 6. The SMILES string of the molecule is CC1(C)c2ccccc2Sc2cc(-c3cc(-c4cccc(C#N)c4)cc(-c4nc(-c5ccccc5)c5ccccc5n4)c3)ccc21. The Morgan fingerprint density at radius 1 is 0.543 bits per heavy atom. The highest BCUT2D eigenvalue weighted by Crippen LogP contribution is 2.50. The largest absolute Gasteiger partial charge is 0.228 e. The summed E-state index contributed by atoms with van der Waals surface area (Å²) in [7, 11) is 0. The van der Waals surface area contributed by atoms with E-state index in [1.54, 1.807) is 0 Å². The smallest absolute Gasteiger partial charge is 0.160 e. The predicted octanol–water partition coefficient (Wildman–Crippen LogP) is 11.0. The summed E-state index contributed by atoms with van der Waals surface area (Å²) >= 11 is 1.84. The van der Waals surface area contributed by atoms with Crippen molar-refractivity contribution >= 4 is 22.7 Å². The van der Waals surface area contributed by atoms with Gasteiger partial charge >= 0.3 is 0 Å². The molecule has 0 bridgehead atoms. The number of rotatable bonds is 4. The third kappa shape index (κ3) is 4.86. The molecular weight excluding hydrogens is 579 g/mol. The van der Waals surface area contributed by atoms with E-state index in [9.17, 15) is 5.26 Å². The van der Waals surface area contributed by atoms with Gasteiger partial charge in [-0.25, -0.2) is 9.97 Å². The lowest BCUT2D eigenvalue weighted by Crippen LogP contribution is -2.23. The van der Waals surface area contributed by atoms with Gasteiger partial charge in [0.05, 0.1) is 22.8 Å². The predicted molar refractivity (Wildman–Crippen MR) is 189 cm³/mol. The first-order valence-electron chi connectivity index (χ1n) is 15.4. The third-order valence-electron chi connectivity index (χ3n) is 8.94. The summed E-state index contributed by atoms with van der Waals surface area (Å²) in [4.78, 5) is 12.8. The molecule has 0 saturated carbocycles. The molecule has 0 N–H and O–H groups in total. The highest BCUT2D eigenvalue weighted by Gasteiger charge is 2.33. The van der Waals surface area contributed by atoms with Crippen molar-refractivity contribution in [2.45, 2.75) is 29.1 Å². The summed E-state index contributed by atoms with van der Waals surface area (Å²) < 4.78 is 0. The topological polar surface area (TPSA) is 49.6 Å². The summed E-state index contributed by atoms with van der Waals surface area (Å²) in [5.41, 5.74) is 11.2. The Labute approximate surface area is 273 Å². The van der Waals surface area contributed by atoms with Crippen LogP contribution in [0.15, 0.2) is 149 Å². The van der Waals surface area contributed by atoms with Gasteiger partial charge in [-0.15, -0.1) is 0 Å². The van der Waals surface area contributed by atoms with E-state index >= 15 is 0 Å². The number of fused-ring (bicyclic) bond motifs is 3. The van der Waals surface area contributed by atoms with E-state index in [-0.39, 0.29) is 5.41 Å². The van der Waals surface area contributed by atoms with Crippen LogP contribution in [0.3, 0.4) is 0 Å². The molecule has 7 aromatic rings. The zero-order valence-electron chi connectivity index (χ0n) is 25.5. The summed E-state index contributed by atoms with van der Waals surface area (Å²) in [5, 5.41) is 10.7. The van der Waals surface area contributed by atoms with E-state index in [2.05, 4.69) is 105 Å². The van der Waals surface area contributed by atoms with Crippen molar-refractivity contribution < 1.29 is 0 Å². The monoisotopic (exact) mass is 607 g/mol. The number of aromatic nitrogens is 2. The molecule has 0 spiro atoms. The van der Waals surface area contributed by atoms with Gasteiger partial charge in [0.25, 0.3) is 0 Å². The number of nitriles is 1. The van der Waals surface area contributed by atoms with E-state index in [4.69, 9.17) is 9.97 Å². The molecule has 0 radical (unpaired) electrons. The number of hydrogen-bond donors (Lipinski definition) is 0. The number of hydrogen-bond acceptors (Lipinski definition) is 4. The molecule has 1 aliphatic rings. The minimum absolute atomic E-state index is 0.0901. The summed E-state index contributed by atoms with van der Waals surface area (Å²) in [6, 6.07) is 50.7. The third-order valence-corrected chi connectivity index (χ3v) is 10.1. The second-order valence-corrected chi connectivity index (χ2v) is 13.3. The molecule has 0 fully saturated rings. The Morgan fingerprint density at radius 2 is 1.22 bits per heavy atom. The van der Waals surface area contributed by atoms with Gasteiger partial charge in [-0.05, 0) is 81.9 Å². The molecule has 0 amide bonds. The van der Waals surface area contributed by atoms with Crippen molar-refractivity contribution in [3.8, 4) is 51.0 Å². The molecule has 1 aliphatic heterocycles. The van der Waals surface area contributed by atoms with Crippen LogP contribution in [0.4, 0.5) is 0 Å². The lowest BCUT2D eigenvalue weighted by Gasteiger charge is -2.34. The van der Waals surface area contributed by atoms with Crippen LogP contribution in [-0.4, -0.2) is 9.97 Å². The van der Waals surface area contributed by atoms with Crippen LogP contribution >= 0.6 is 11.8 Å². The minimum Gasteiger partial charge on any atom is -0.228 e. The van der Waals surface area contributed by atoms with E-state index in [1.165, 1.54) is 20.9 Å². The number of nitrogens with zero attached hydrogens (tertiary/aromatic N) is 3. The standard InChI is InChI=1S/C42H29N3S/c1-42(2)35-16-7-9-18-38(35)46-39-25-30(19-20-36(39)42)32-22-31(29-14-10-11-27(21-29)26-43)23-33(24-32)41-44-37-17-8-6-15-34(37)40(45-41)28-12-4-3-5-13-28/h3-25H,1-2H3. The van der Waals surface area contributed by atoms with Gasteiger partial charge in [0.2, 0.25) is 0 Å². The van der Waals surface area contributed by atoms with Crippen LogP contribution < -0.4 is 0 Å². The maximum atomic E-state index is 9.67. The van der Waals surface area contributed by atoms with E-state index < -0.39 is 0 Å². The summed E-state index contributed by atoms with van der Waals surface area (Å²) in [6.45, 7) is 4.62. The van der Waals surface area contributed by atoms with Crippen LogP contribution in [0.2, 0.25) is 0 Å². The molecule has 0 unspecified atom stereocenters. The fourth-order valence-electron chi connectivity index (χ4n) is 6.52. The molecule has 3 nitrogen and oxygen atoms in total. The Bertz CT molecular complexity index is 2330. The molecule has 1 aromatic heterocycles. The molecule has 46 heavy (non-hydrogen) atoms. The van der Waals surface area contributed by atoms with Crippen LogP contribution in [0.25, 0.3) is 55.8 Å². The molecule has 0 saturated heterocycles. The summed E-state index contributed by atoms with van der Waals surface area (Å²) in [5.74, 6) is 0.666. The zero-order chi connectivity index (χ0) is 31.3. The molecule has 0 aliphatic carbocycles. The van der Waals surface area contributed by atoms with Gasteiger partial charge in [-0.2, -0.15) is 5.26 Å². The van der Waals surface area contributed by atoms with Gasteiger partial charge in [0.1, 0.15) is 0 Å². The number of para-hydroxylation sites is 1. The van der Waals surface area contributed by atoms with Gasteiger partial charge in [0, 0.05) is 31.7 Å². The second-order valence-electron chi connectivity index (χ2n) is 12.2. The molecule has 6 aromatic carbocycles. The maximum Gasteiger partial charge on any atom is 0.160 e. The molecule has 8 rings (SSSR count). The first-order chi connectivity index (χ1) is 22.5. The summed E-state index contributed by atoms with van der Waals surface area (Å²) in [6.07, 6.45) is 0. The average Bonchev–Trinajstić information content (AvgIpc) is 3.11. The van der Waals surface area contributed by atoms with Crippen LogP contribution in [0.1, 0.15) is 30.5 Å². The lowest BCUT2D eigenvalue weighted by atomic mass is 9.77. The fraction of sp³-hybridized carbons (Fsp3) is 0.0714. The molecule has 218 valence electrons. The molecular formula is C42H29N3S.